The molecular formula is C55H55N4O2Pt+. The molecule has 8 aromatic rings. The Morgan fingerprint density at radius 1 is 0.468 bits per heavy atom. The fourth-order valence-corrected chi connectivity index (χ4v) is 7.57. The molecule has 0 bridgehead atoms. The molecule has 316 valence electrons. The van der Waals surface area contributed by atoms with E-state index in [0.717, 1.165) is 40.4 Å². The van der Waals surface area contributed by atoms with Crippen molar-refractivity contribution in [3.63, 3.8) is 0 Å². The molecule has 1 aliphatic rings. The number of benzene rings is 5. The van der Waals surface area contributed by atoms with E-state index in [4.69, 9.17) is 9.97 Å². The van der Waals surface area contributed by atoms with E-state index < -0.39 is 0 Å². The summed E-state index contributed by atoms with van der Waals surface area (Å²) in [7, 11) is 0. The molecule has 6 nitrogen and oxygen atoms in total. The number of hydrogen-bond donors (Lipinski definition) is 2. The molecule has 0 fully saturated rings. The number of nitrogens with zero attached hydrogens (tertiary/aromatic N) is 4. The summed E-state index contributed by atoms with van der Waals surface area (Å²) < 4.78 is 2.32. The van der Waals surface area contributed by atoms with Gasteiger partial charge in [0.05, 0.1) is 34.0 Å². The summed E-state index contributed by atoms with van der Waals surface area (Å²) >= 11 is 0. The number of aromatic hydroxyl groups is 2. The first-order valence-corrected chi connectivity index (χ1v) is 20.5. The third kappa shape index (κ3) is 9.72. The fraction of sp³-hybridized carbons (Fsp3) is 0.182. The van der Waals surface area contributed by atoms with E-state index in [-0.39, 0.29) is 50.8 Å². The van der Waals surface area contributed by atoms with Gasteiger partial charge in [-0.05, 0) is 101 Å². The largest absolute Gasteiger partial charge is 0.507 e. The number of fused-ring (bicyclic) bond motifs is 3. The summed E-state index contributed by atoms with van der Waals surface area (Å²) in [6.07, 6.45) is 2.20. The van der Waals surface area contributed by atoms with Gasteiger partial charge < -0.3 is 15.1 Å². The number of pyridine rings is 3. The minimum atomic E-state index is -0.126. The number of rotatable bonds is 6. The van der Waals surface area contributed by atoms with Gasteiger partial charge in [-0.15, -0.1) is 0 Å². The van der Waals surface area contributed by atoms with Crippen molar-refractivity contribution >= 4 is 17.1 Å². The Labute approximate surface area is 381 Å². The second-order valence-electron chi connectivity index (χ2n) is 17.3. The molecule has 7 heteroatoms. The zero-order chi connectivity index (χ0) is 42.0. The molecule has 0 amide bonds. The predicted molar refractivity (Wildman–Crippen MR) is 252 cm³/mol. The zero-order valence-electron chi connectivity index (χ0n) is 35.4. The quantitative estimate of drug-likeness (QED) is 0.162. The summed E-state index contributed by atoms with van der Waals surface area (Å²) in [5.41, 5.74) is 13.7. The van der Waals surface area contributed by atoms with E-state index in [2.05, 4.69) is 166 Å². The van der Waals surface area contributed by atoms with Crippen molar-refractivity contribution in [3.05, 3.63) is 193 Å². The molecule has 9 rings (SSSR count). The molecule has 5 aromatic carbocycles. The van der Waals surface area contributed by atoms with Gasteiger partial charge in [-0.1, -0.05) is 128 Å². The van der Waals surface area contributed by atoms with Crippen LogP contribution in [0.25, 0.3) is 45.2 Å². The van der Waals surface area contributed by atoms with Gasteiger partial charge in [0, 0.05) is 61.3 Å². The Balaban J connectivity index is 0.000000206. The Hall–Kier alpha value is -6.36. The smallest absolute Gasteiger partial charge is 0.215 e. The molecule has 0 unspecified atom stereocenters. The average Bonchev–Trinajstić information content (AvgIpc) is 3.62. The number of phenolic OH excluding ortho intramolecular Hbond substituents is 2. The summed E-state index contributed by atoms with van der Waals surface area (Å²) in [4.78, 5) is 12.2. The molecule has 4 heterocycles. The number of para-hydroxylation sites is 4. The van der Waals surface area contributed by atoms with Crippen LogP contribution in [0.4, 0.5) is 17.1 Å². The number of aromatic nitrogens is 3. The zero-order valence-corrected chi connectivity index (χ0v) is 37.7. The third-order valence-corrected chi connectivity index (χ3v) is 10.9. The minimum Gasteiger partial charge on any atom is -0.507 e. The van der Waals surface area contributed by atoms with Gasteiger partial charge in [-0.3, -0.25) is 0 Å². The number of phenols is 2. The van der Waals surface area contributed by atoms with E-state index >= 15 is 0 Å². The van der Waals surface area contributed by atoms with Crippen molar-refractivity contribution in [3.8, 4) is 56.7 Å². The first-order chi connectivity index (χ1) is 28.8. The van der Waals surface area contributed by atoms with E-state index in [1.807, 2.05) is 36.4 Å². The van der Waals surface area contributed by atoms with Crippen molar-refractivity contribution in [2.24, 2.45) is 0 Å². The van der Waals surface area contributed by atoms with Gasteiger partial charge >= 0.3 is 0 Å². The van der Waals surface area contributed by atoms with Crippen molar-refractivity contribution < 1.29 is 35.8 Å². The van der Waals surface area contributed by atoms with Crippen molar-refractivity contribution in [2.75, 3.05) is 4.90 Å². The molecule has 62 heavy (non-hydrogen) atoms. The van der Waals surface area contributed by atoms with Crippen molar-refractivity contribution in [1.82, 2.24) is 9.97 Å². The number of hydrogen-bond acceptors (Lipinski definition) is 5. The maximum absolute atomic E-state index is 10.5. The van der Waals surface area contributed by atoms with Crippen LogP contribution >= 0.6 is 0 Å². The van der Waals surface area contributed by atoms with Crippen LogP contribution in [0.2, 0.25) is 0 Å². The summed E-state index contributed by atoms with van der Waals surface area (Å²) in [5, 5.41) is 21.0. The van der Waals surface area contributed by atoms with Gasteiger partial charge in [-0.2, -0.15) is 4.57 Å². The summed E-state index contributed by atoms with van der Waals surface area (Å²) in [6, 6.07) is 57.0. The van der Waals surface area contributed by atoms with Crippen LogP contribution in [0.1, 0.15) is 65.7 Å². The topological polar surface area (TPSA) is 73.4 Å². The van der Waals surface area contributed by atoms with E-state index in [1.54, 1.807) is 24.3 Å². The maximum atomic E-state index is 10.5. The van der Waals surface area contributed by atoms with Gasteiger partial charge in [0.2, 0.25) is 5.69 Å². The van der Waals surface area contributed by atoms with Crippen LogP contribution in [0.3, 0.4) is 0 Å². The molecular weight excluding hydrogens is 944 g/mol. The normalized spacial score (nSPS) is 11.5. The Morgan fingerprint density at radius 2 is 0.871 bits per heavy atom. The van der Waals surface area contributed by atoms with E-state index in [9.17, 15) is 10.2 Å². The molecule has 3 aromatic heterocycles. The van der Waals surface area contributed by atoms with E-state index in [0.29, 0.717) is 22.5 Å². The van der Waals surface area contributed by atoms with Gasteiger partial charge in [-0.25, -0.2) is 9.97 Å². The van der Waals surface area contributed by atoms with E-state index in [1.165, 1.54) is 22.5 Å². The molecule has 0 aliphatic carbocycles. The van der Waals surface area contributed by atoms with Crippen molar-refractivity contribution in [2.45, 2.75) is 66.3 Å². The first-order valence-electron chi connectivity index (χ1n) is 20.5. The predicted octanol–water partition coefficient (Wildman–Crippen LogP) is 13.6. The summed E-state index contributed by atoms with van der Waals surface area (Å²) in [5.74, 6) is 0.386. The molecule has 0 saturated heterocycles. The van der Waals surface area contributed by atoms with Gasteiger partial charge in [0.25, 0.3) is 0 Å². The molecule has 2 N–H and O–H groups in total. The van der Waals surface area contributed by atoms with Crippen LogP contribution < -0.4 is 9.47 Å². The van der Waals surface area contributed by atoms with Crippen LogP contribution in [0, 0.1) is 0 Å². The van der Waals surface area contributed by atoms with Crippen LogP contribution in [-0.4, -0.2) is 20.2 Å². The molecule has 0 atom stereocenters. The third-order valence-electron chi connectivity index (χ3n) is 10.9. The Kier molecular flexibility index (Phi) is 13.6. The van der Waals surface area contributed by atoms with Crippen LogP contribution in [-0.2, 0) is 38.4 Å². The SMILES string of the molecule is C.CC(C)(C)c1cc(-c2cc(C(C)(C)C)cc(-c3ccccc3O)n2)nc(-c2ccccc2O)c1.[Pt].c1ccc(N(c2ccccc2)c2cc[n+]3c(c2)-c2ccccc2C3)cc1. The van der Waals surface area contributed by atoms with Crippen LogP contribution in [0.15, 0.2) is 176 Å². The van der Waals surface area contributed by atoms with Crippen LogP contribution in [0.5, 0.6) is 11.5 Å². The van der Waals surface area contributed by atoms with Crippen molar-refractivity contribution in [1.29, 1.82) is 0 Å². The standard InChI is InChI=1S/C30H32N2O2.C24H19N2.CH4.Pt/c1-29(2,3)19-15-23(21-11-7-9-13-27(21)33)31-25(17-19)26-18-20(30(4,5)6)16-24(32-26)22-12-8-10-14-28(22)34;1-3-10-20(11-4-1)26(21-12-5-2-6-13-21)22-15-16-25-18-19-9-7-8-14-23(19)24(25)17-22;;/h7-18,33-34H,1-6H3;1-17H,18H2;1H4;/q;+1;;. The molecule has 1 aliphatic heterocycles. The van der Waals surface area contributed by atoms with Gasteiger partial charge in [0.1, 0.15) is 11.5 Å². The average molecular weight is 999 g/mol. The Morgan fingerprint density at radius 3 is 1.32 bits per heavy atom. The second-order valence-corrected chi connectivity index (χ2v) is 17.3. The fourth-order valence-electron chi connectivity index (χ4n) is 7.57. The molecule has 0 saturated carbocycles. The molecule has 0 radical (unpaired) electrons. The Bertz CT molecular complexity index is 2650. The second kappa shape index (κ2) is 18.7. The first kappa shape index (κ1) is 45.2. The minimum absolute atomic E-state index is 0. The summed E-state index contributed by atoms with van der Waals surface area (Å²) in [6.45, 7) is 13.9. The van der Waals surface area contributed by atoms with Gasteiger partial charge in [0.15, 0.2) is 12.7 Å². The monoisotopic (exact) mass is 998 g/mol. The maximum Gasteiger partial charge on any atom is 0.215 e. The number of anilines is 3. The molecule has 0 spiro atoms.